The van der Waals surface area contributed by atoms with Gasteiger partial charge in [0, 0.05) is 12.6 Å². The summed E-state index contributed by atoms with van der Waals surface area (Å²) in [6.07, 6.45) is 11.8. The largest absolute Gasteiger partial charge is 0.350 e. The van der Waals surface area contributed by atoms with Gasteiger partial charge in [-0.2, -0.15) is 4.57 Å². The average molecular weight is 327 g/mol. The first kappa shape index (κ1) is 15.8. The molecule has 4 saturated carbocycles. The maximum atomic E-state index is 12.4. The van der Waals surface area contributed by atoms with E-state index in [4.69, 9.17) is 0 Å². The number of carbonyl (C=O) groups excluding carboxylic acids is 2. The molecule has 0 spiro atoms. The van der Waals surface area contributed by atoms with Gasteiger partial charge in [0.25, 0.3) is 5.91 Å². The number of pyridine rings is 1. The molecule has 0 saturated heterocycles. The van der Waals surface area contributed by atoms with Gasteiger partial charge in [0.2, 0.25) is 6.54 Å². The summed E-state index contributed by atoms with van der Waals surface area (Å²) in [5, 5.41) is 3.19. The molecule has 4 aliphatic carbocycles. The molecule has 1 heterocycles. The predicted molar refractivity (Wildman–Crippen MR) is 90.3 cm³/mol. The summed E-state index contributed by atoms with van der Waals surface area (Å²) < 4.78 is 1.80. The van der Waals surface area contributed by atoms with Crippen LogP contribution in [0.3, 0.4) is 0 Å². The lowest BCUT2D eigenvalue weighted by molar-refractivity contribution is -0.684. The van der Waals surface area contributed by atoms with Crippen LogP contribution in [0, 0.1) is 23.2 Å². The molecule has 1 amide bonds. The van der Waals surface area contributed by atoms with E-state index in [2.05, 4.69) is 5.32 Å². The zero-order chi connectivity index (χ0) is 16.7. The van der Waals surface area contributed by atoms with E-state index in [1.165, 1.54) is 38.5 Å². The van der Waals surface area contributed by atoms with Crippen molar-refractivity contribution in [1.82, 2.24) is 5.32 Å². The van der Waals surface area contributed by atoms with Crippen LogP contribution in [0.2, 0.25) is 0 Å². The Hall–Kier alpha value is -1.71. The summed E-state index contributed by atoms with van der Waals surface area (Å²) in [7, 11) is 0. The molecule has 1 aromatic heterocycles. The third-order valence-corrected chi connectivity index (χ3v) is 6.42. The van der Waals surface area contributed by atoms with Crippen LogP contribution in [0.1, 0.15) is 55.8 Å². The van der Waals surface area contributed by atoms with Gasteiger partial charge in [0.1, 0.15) is 0 Å². The van der Waals surface area contributed by atoms with Crippen LogP contribution < -0.4 is 9.88 Å². The minimum absolute atomic E-state index is 0.0262. The van der Waals surface area contributed by atoms with E-state index in [1.807, 2.05) is 12.3 Å². The fourth-order valence-electron chi connectivity index (χ4n) is 5.84. The molecule has 0 unspecified atom stereocenters. The van der Waals surface area contributed by atoms with Crippen LogP contribution in [0.4, 0.5) is 0 Å². The maximum Gasteiger partial charge on any atom is 0.286 e. The summed E-state index contributed by atoms with van der Waals surface area (Å²) >= 11 is 0. The molecule has 4 nitrogen and oxygen atoms in total. The van der Waals surface area contributed by atoms with Gasteiger partial charge >= 0.3 is 0 Å². The van der Waals surface area contributed by atoms with Crippen LogP contribution in [-0.2, 0) is 11.3 Å². The molecule has 5 rings (SSSR count). The first-order valence-corrected chi connectivity index (χ1v) is 9.28. The van der Waals surface area contributed by atoms with Gasteiger partial charge in [-0.05, 0) is 74.7 Å². The van der Waals surface area contributed by atoms with E-state index in [-0.39, 0.29) is 18.2 Å². The number of nitrogens with one attached hydrogen (secondary N) is 1. The Balaban J connectivity index is 1.35. The lowest BCUT2D eigenvalue weighted by Gasteiger charge is -2.56. The van der Waals surface area contributed by atoms with E-state index >= 15 is 0 Å². The number of hydrogen-bond donors (Lipinski definition) is 1. The fraction of sp³-hybridized carbons (Fsp3) is 0.650. The molecule has 0 aromatic carbocycles. The zero-order valence-electron chi connectivity index (χ0n) is 14.5. The van der Waals surface area contributed by atoms with Gasteiger partial charge in [0.05, 0.1) is 5.56 Å². The fourth-order valence-corrected chi connectivity index (χ4v) is 5.84. The van der Waals surface area contributed by atoms with E-state index in [1.54, 1.807) is 23.8 Å². The van der Waals surface area contributed by atoms with Crippen molar-refractivity contribution in [3.63, 3.8) is 0 Å². The molecule has 4 fully saturated rings. The van der Waals surface area contributed by atoms with Crippen molar-refractivity contribution in [3.05, 3.63) is 30.1 Å². The number of aromatic nitrogens is 1. The smallest absolute Gasteiger partial charge is 0.286 e. The van der Waals surface area contributed by atoms with Crippen LogP contribution in [0.25, 0.3) is 0 Å². The third kappa shape index (κ3) is 3.11. The van der Waals surface area contributed by atoms with E-state index in [0.717, 1.165) is 24.3 Å². The van der Waals surface area contributed by atoms with Crippen molar-refractivity contribution >= 4 is 11.7 Å². The predicted octanol–water partition coefficient (Wildman–Crippen LogP) is 2.51. The molecule has 0 aliphatic heterocycles. The van der Waals surface area contributed by atoms with Gasteiger partial charge < -0.3 is 5.32 Å². The number of carbonyl (C=O) groups is 2. The second kappa shape index (κ2) is 5.98. The van der Waals surface area contributed by atoms with Crippen LogP contribution in [-0.4, -0.2) is 18.2 Å². The highest BCUT2D eigenvalue weighted by Gasteiger charge is 2.50. The summed E-state index contributed by atoms with van der Waals surface area (Å²) in [5.74, 6) is 2.81. The molecule has 1 N–H and O–H groups in total. The van der Waals surface area contributed by atoms with Gasteiger partial charge in [-0.1, -0.05) is 0 Å². The Morgan fingerprint density at radius 1 is 1.17 bits per heavy atom. The molecule has 0 atom stereocenters. The highest BCUT2D eigenvalue weighted by atomic mass is 16.2. The number of rotatable bonds is 5. The quantitative estimate of drug-likeness (QED) is 0.667. The number of ketones is 1. The summed E-state index contributed by atoms with van der Waals surface area (Å²) in [6.45, 7) is 2.67. The summed E-state index contributed by atoms with van der Waals surface area (Å²) in [6, 6.07) is 3.61. The molecule has 24 heavy (non-hydrogen) atoms. The average Bonchev–Trinajstić information content (AvgIpc) is 2.52. The molecular weight excluding hydrogens is 300 g/mol. The van der Waals surface area contributed by atoms with Gasteiger partial charge in [-0.25, -0.2) is 0 Å². The maximum absolute atomic E-state index is 12.4. The number of Topliss-reactive ketones (excluding diaryl/α,β-unsaturated/α-hetero) is 1. The van der Waals surface area contributed by atoms with E-state index in [9.17, 15) is 9.59 Å². The van der Waals surface area contributed by atoms with Crippen LogP contribution in [0.15, 0.2) is 24.5 Å². The highest BCUT2D eigenvalue weighted by molar-refractivity contribution is 5.93. The second-order valence-electron chi connectivity index (χ2n) is 8.52. The molecule has 4 heteroatoms. The molecule has 128 valence electrons. The third-order valence-electron chi connectivity index (χ3n) is 6.42. The summed E-state index contributed by atoms with van der Waals surface area (Å²) in [4.78, 5) is 23.8. The van der Waals surface area contributed by atoms with Crippen LogP contribution >= 0.6 is 0 Å². The van der Waals surface area contributed by atoms with Gasteiger partial charge in [-0.3, -0.25) is 9.59 Å². The lowest BCUT2D eigenvalue weighted by atomic mass is 9.49. The van der Waals surface area contributed by atoms with Crippen LogP contribution in [0.5, 0.6) is 0 Å². The number of hydrogen-bond acceptors (Lipinski definition) is 2. The van der Waals surface area contributed by atoms with Crippen molar-refractivity contribution in [2.45, 2.75) is 52.0 Å². The summed E-state index contributed by atoms with van der Waals surface area (Å²) in [5.41, 5.74) is 1.02. The standard InChI is InChI=1S/C20H26N2O2/c1-14(23)18-3-2-4-22(11-18)12-19(24)21-13-20-8-15-5-16(9-20)7-17(6-15)10-20/h2-4,11,15-17H,5-10,12-13H2,1H3/p+1. The molecular formula is C20H27N2O2+. The Bertz CT molecular complexity index is 632. The monoisotopic (exact) mass is 327 g/mol. The molecule has 4 aliphatic rings. The Kier molecular flexibility index (Phi) is 3.93. The topological polar surface area (TPSA) is 50.0 Å². The minimum atomic E-state index is 0.0262. The lowest BCUT2D eigenvalue weighted by Crippen LogP contribution is -2.52. The Morgan fingerprint density at radius 2 is 1.79 bits per heavy atom. The Morgan fingerprint density at radius 3 is 2.38 bits per heavy atom. The van der Waals surface area contributed by atoms with E-state index in [0.29, 0.717) is 11.0 Å². The number of amides is 1. The van der Waals surface area contributed by atoms with Crippen molar-refractivity contribution in [2.24, 2.45) is 23.2 Å². The molecule has 4 bridgehead atoms. The molecule has 1 aromatic rings. The normalized spacial score (nSPS) is 33.5. The van der Waals surface area contributed by atoms with E-state index < -0.39 is 0 Å². The first-order valence-electron chi connectivity index (χ1n) is 9.28. The zero-order valence-corrected chi connectivity index (χ0v) is 14.5. The highest BCUT2D eigenvalue weighted by Crippen LogP contribution is 2.59. The van der Waals surface area contributed by atoms with Crippen molar-refractivity contribution in [3.8, 4) is 0 Å². The van der Waals surface area contributed by atoms with Gasteiger partial charge in [0.15, 0.2) is 18.2 Å². The minimum Gasteiger partial charge on any atom is -0.350 e. The van der Waals surface area contributed by atoms with Crippen molar-refractivity contribution in [1.29, 1.82) is 0 Å². The van der Waals surface area contributed by atoms with Gasteiger partial charge in [-0.15, -0.1) is 0 Å². The Labute approximate surface area is 143 Å². The first-order chi connectivity index (χ1) is 11.5. The SMILES string of the molecule is CC(=O)c1ccc[n+](CC(=O)NCC23CC4CC(CC(C4)C2)C3)c1. The van der Waals surface area contributed by atoms with Crippen molar-refractivity contribution < 1.29 is 14.2 Å². The van der Waals surface area contributed by atoms with Crippen molar-refractivity contribution in [2.75, 3.05) is 6.54 Å². The molecule has 0 radical (unpaired) electrons. The second-order valence-corrected chi connectivity index (χ2v) is 8.52. The number of nitrogens with zero attached hydrogens (tertiary/aromatic N) is 1.